The van der Waals surface area contributed by atoms with Crippen molar-refractivity contribution >= 4 is 18.0 Å². The van der Waals surface area contributed by atoms with Crippen LogP contribution in [0.25, 0.3) is 11.1 Å². The van der Waals surface area contributed by atoms with Crippen molar-refractivity contribution in [1.82, 2.24) is 10.2 Å². The first kappa shape index (κ1) is 23.8. The number of alkyl carbamates (subject to hydrolysis) is 1. The van der Waals surface area contributed by atoms with Crippen molar-refractivity contribution in [3.63, 3.8) is 0 Å². The molecule has 0 spiro atoms. The van der Waals surface area contributed by atoms with Crippen LogP contribution in [-0.2, 0) is 14.3 Å². The van der Waals surface area contributed by atoms with E-state index in [0.29, 0.717) is 31.8 Å². The van der Waals surface area contributed by atoms with Crippen molar-refractivity contribution in [3.05, 3.63) is 59.7 Å². The minimum Gasteiger partial charge on any atom is -0.481 e. The lowest BCUT2D eigenvalue weighted by molar-refractivity contribution is -0.143. The molecule has 2 aromatic rings. The fourth-order valence-corrected chi connectivity index (χ4v) is 4.99. The van der Waals surface area contributed by atoms with Crippen LogP contribution in [0, 0.1) is 11.8 Å². The first-order valence-electron chi connectivity index (χ1n) is 12.1. The van der Waals surface area contributed by atoms with Crippen molar-refractivity contribution in [1.29, 1.82) is 0 Å². The molecule has 0 aromatic heterocycles. The fraction of sp³-hybridized carbons (Fsp3) is 0.444. The number of carbonyl (C=O) groups is 3. The van der Waals surface area contributed by atoms with Crippen LogP contribution < -0.4 is 5.32 Å². The van der Waals surface area contributed by atoms with Crippen LogP contribution in [0.15, 0.2) is 48.5 Å². The summed E-state index contributed by atoms with van der Waals surface area (Å²) in [6.07, 6.45) is 1.76. The molecule has 1 saturated heterocycles. The fourth-order valence-electron chi connectivity index (χ4n) is 4.99. The number of hydrogen-bond acceptors (Lipinski definition) is 4. The molecule has 1 aliphatic heterocycles. The van der Waals surface area contributed by atoms with Crippen LogP contribution in [-0.4, -0.2) is 54.2 Å². The monoisotopic (exact) mass is 464 g/mol. The third-order valence-electron chi connectivity index (χ3n) is 6.95. The molecule has 0 saturated carbocycles. The van der Waals surface area contributed by atoms with E-state index in [2.05, 4.69) is 29.6 Å². The Morgan fingerprint density at radius 3 is 2.26 bits per heavy atom. The largest absolute Gasteiger partial charge is 0.481 e. The van der Waals surface area contributed by atoms with Crippen LogP contribution in [0.1, 0.15) is 49.7 Å². The topological polar surface area (TPSA) is 95.9 Å². The van der Waals surface area contributed by atoms with Gasteiger partial charge in [0.1, 0.15) is 6.61 Å². The van der Waals surface area contributed by atoms with E-state index in [4.69, 9.17) is 9.84 Å². The van der Waals surface area contributed by atoms with Crippen molar-refractivity contribution in [2.75, 3.05) is 26.2 Å². The van der Waals surface area contributed by atoms with Gasteiger partial charge in [0, 0.05) is 32.0 Å². The van der Waals surface area contributed by atoms with Gasteiger partial charge in [0.25, 0.3) is 0 Å². The minimum atomic E-state index is -0.780. The maximum absolute atomic E-state index is 12.8. The van der Waals surface area contributed by atoms with Gasteiger partial charge in [0.05, 0.1) is 5.92 Å². The molecule has 1 aliphatic carbocycles. The maximum Gasteiger partial charge on any atom is 0.407 e. The molecule has 2 N–H and O–H groups in total. The molecule has 0 radical (unpaired) electrons. The lowest BCUT2D eigenvalue weighted by Crippen LogP contribution is -2.53. The predicted octanol–water partition coefficient (Wildman–Crippen LogP) is 4.26. The quantitative estimate of drug-likeness (QED) is 0.548. The molecule has 7 heteroatoms. The predicted molar refractivity (Wildman–Crippen MR) is 128 cm³/mol. The number of rotatable bonds is 10. The first-order chi connectivity index (χ1) is 16.5. The first-order valence-corrected chi connectivity index (χ1v) is 12.1. The van der Waals surface area contributed by atoms with E-state index in [9.17, 15) is 14.4 Å². The summed E-state index contributed by atoms with van der Waals surface area (Å²) in [5, 5.41) is 11.5. The highest BCUT2D eigenvalue weighted by molar-refractivity contribution is 5.81. The molecule has 2 amide bonds. The number of carboxylic acid groups (broad SMARTS) is 1. The Bertz CT molecular complexity index is 1000. The van der Waals surface area contributed by atoms with Gasteiger partial charge in [-0.3, -0.25) is 9.59 Å². The molecule has 0 bridgehead atoms. The molecule has 1 atom stereocenters. The van der Waals surface area contributed by atoms with Gasteiger partial charge in [0.2, 0.25) is 5.91 Å². The third-order valence-corrected chi connectivity index (χ3v) is 6.95. The second-order valence-corrected chi connectivity index (χ2v) is 9.21. The van der Waals surface area contributed by atoms with Gasteiger partial charge in [-0.05, 0) is 47.4 Å². The zero-order chi connectivity index (χ0) is 24.1. The van der Waals surface area contributed by atoms with E-state index in [1.165, 1.54) is 11.1 Å². The molecule has 2 aliphatic rings. The number of fused-ring (bicyclic) bond motifs is 3. The third kappa shape index (κ3) is 5.24. The number of amides is 2. The maximum atomic E-state index is 12.8. The van der Waals surface area contributed by atoms with E-state index < -0.39 is 12.1 Å². The SMILES string of the molecule is CCC(CNC(=O)OCC1c2ccccc2-c2ccccc21)C(=O)N1CC(CCCC(=O)O)C1. The van der Waals surface area contributed by atoms with Crippen molar-refractivity contribution < 1.29 is 24.2 Å². The van der Waals surface area contributed by atoms with Gasteiger partial charge in [0.15, 0.2) is 0 Å². The molecule has 2 aromatic carbocycles. The van der Waals surface area contributed by atoms with Crippen LogP contribution >= 0.6 is 0 Å². The molecule has 4 rings (SSSR count). The smallest absolute Gasteiger partial charge is 0.407 e. The second-order valence-electron chi connectivity index (χ2n) is 9.21. The Morgan fingerprint density at radius 2 is 1.68 bits per heavy atom. The number of nitrogens with zero attached hydrogens (tertiary/aromatic N) is 1. The standard InChI is InChI=1S/C27H32N2O5/c1-2-19(26(32)29-15-18(16-29)8-7-13-25(30)31)14-28-27(33)34-17-24-22-11-5-3-9-20(22)21-10-4-6-12-23(21)24/h3-6,9-12,18-19,24H,2,7-8,13-17H2,1H3,(H,28,33)(H,30,31). The molecule has 34 heavy (non-hydrogen) atoms. The summed E-state index contributed by atoms with van der Waals surface area (Å²) < 4.78 is 5.57. The van der Waals surface area contributed by atoms with Crippen molar-refractivity contribution in [2.45, 2.75) is 38.5 Å². The van der Waals surface area contributed by atoms with Crippen LogP contribution in [0.5, 0.6) is 0 Å². The summed E-state index contributed by atoms with van der Waals surface area (Å²) in [4.78, 5) is 37.7. The Hall–Kier alpha value is -3.35. The highest BCUT2D eigenvalue weighted by Gasteiger charge is 2.34. The number of carboxylic acids is 1. The van der Waals surface area contributed by atoms with Crippen molar-refractivity contribution in [3.8, 4) is 11.1 Å². The molecular weight excluding hydrogens is 432 g/mol. The minimum absolute atomic E-state index is 0.000835. The zero-order valence-corrected chi connectivity index (χ0v) is 19.5. The summed E-state index contributed by atoms with van der Waals surface area (Å²) in [5.74, 6) is -0.661. The summed E-state index contributed by atoms with van der Waals surface area (Å²) in [6.45, 7) is 3.76. The summed E-state index contributed by atoms with van der Waals surface area (Å²) in [7, 11) is 0. The number of likely N-dealkylation sites (tertiary alicyclic amines) is 1. The van der Waals surface area contributed by atoms with Gasteiger partial charge < -0.3 is 20.1 Å². The number of hydrogen-bond donors (Lipinski definition) is 2. The van der Waals surface area contributed by atoms with Crippen molar-refractivity contribution in [2.24, 2.45) is 11.8 Å². The summed E-state index contributed by atoms with van der Waals surface area (Å²) in [5.41, 5.74) is 4.68. The van der Waals surface area contributed by atoms with Gasteiger partial charge in [-0.15, -0.1) is 0 Å². The average Bonchev–Trinajstić information content (AvgIpc) is 3.13. The van der Waals surface area contributed by atoms with E-state index in [1.807, 2.05) is 31.2 Å². The Morgan fingerprint density at radius 1 is 1.06 bits per heavy atom. The van der Waals surface area contributed by atoms with E-state index in [1.54, 1.807) is 4.90 Å². The number of carbonyl (C=O) groups excluding carboxylic acids is 2. The number of nitrogens with one attached hydrogen (secondary N) is 1. The number of aliphatic carboxylic acids is 1. The lowest BCUT2D eigenvalue weighted by atomic mass is 9.91. The molecule has 7 nitrogen and oxygen atoms in total. The van der Waals surface area contributed by atoms with Crippen LogP contribution in [0.2, 0.25) is 0 Å². The Balaban J connectivity index is 1.23. The number of ether oxygens (including phenoxy) is 1. The van der Waals surface area contributed by atoms with E-state index in [0.717, 1.165) is 17.5 Å². The van der Waals surface area contributed by atoms with E-state index in [-0.39, 0.29) is 37.3 Å². The summed E-state index contributed by atoms with van der Waals surface area (Å²) in [6, 6.07) is 16.4. The zero-order valence-electron chi connectivity index (χ0n) is 19.5. The van der Waals surface area contributed by atoms with Crippen LogP contribution in [0.4, 0.5) is 4.79 Å². The highest BCUT2D eigenvalue weighted by Crippen LogP contribution is 2.44. The van der Waals surface area contributed by atoms with E-state index >= 15 is 0 Å². The van der Waals surface area contributed by atoms with Gasteiger partial charge in [-0.2, -0.15) is 0 Å². The molecule has 1 heterocycles. The Labute approximate surface area is 200 Å². The van der Waals surface area contributed by atoms with Crippen LogP contribution in [0.3, 0.4) is 0 Å². The molecular formula is C27H32N2O5. The lowest BCUT2D eigenvalue weighted by Gasteiger charge is -2.41. The molecule has 1 fully saturated rings. The highest BCUT2D eigenvalue weighted by atomic mass is 16.5. The molecule has 1 unspecified atom stereocenters. The van der Waals surface area contributed by atoms with Gasteiger partial charge >= 0.3 is 12.1 Å². The van der Waals surface area contributed by atoms with Gasteiger partial charge in [-0.1, -0.05) is 55.5 Å². The summed E-state index contributed by atoms with van der Waals surface area (Å²) >= 11 is 0. The van der Waals surface area contributed by atoms with Gasteiger partial charge in [-0.25, -0.2) is 4.79 Å². The normalized spacial score (nSPS) is 15.7. The average molecular weight is 465 g/mol. The molecule has 180 valence electrons. The number of benzene rings is 2. The Kier molecular flexibility index (Phi) is 7.50. The second kappa shape index (κ2) is 10.7.